The second kappa shape index (κ2) is 7.37. The number of aromatic carboxylic acids is 1. The smallest absolute Gasteiger partial charge is 0.335 e. The summed E-state index contributed by atoms with van der Waals surface area (Å²) in [6.07, 6.45) is 0.666. The van der Waals surface area contributed by atoms with E-state index in [4.69, 9.17) is 9.84 Å². The molecule has 0 bridgehead atoms. The van der Waals surface area contributed by atoms with Crippen molar-refractivity contribution in [2.45, 2.75) is 29.2 Å². The highest BCUT2D eigenvalue weighted by Crippen LogP contribution is 2.47. The molecule has 4 nitrogen and oxygen atoms in total. The van der Waals surface area contributed by atoms with Crippen molar-refractivity contribution >= 4 is 29.1 Å². The molecule has 0 spiro atoms. The molecule has 0 fully saturated rings. The summed E-state index contributed by atoms with van der Waals surface area (Å²) in [6.45, 7) is 2.08. The van der Waals surface area contributed by atoms with E-state index in [1.54, 1.807) is 36.0 Å². The normalized spacial score (nSPS) is 13.1. The average molecular weight is 377 g/mol. The minimum atomic E-state index is -0.939. The summed E-state index contributed by atoms with van der Waals surface area (Å²) in [5, 5.41) is 12.6. The highest BCUT2D eigenvalue weighted by Gasteiger charge is 2.23. The number of carbonyl (C=O) groups is 1. The van der Waals surface area contributed by atoms with Crippen molar-refractivity contribution in [1.82, 2.24) is 0 Å². The first-order valence-corrected chi connectivity index (χ1v) is 9.64. The van der Waals surface area contributed by atoms with E-state index in [1.165, 1.54) is 9.79 Å². The molecule has 2 N–H and O–H groups in total. The summed E-state index contributed by atoms with van der Waals surface area (Å²) >= 11 is 1.75. The molecule has 5 heteroatoms. The number of para-hydroxylation sites is 2. The first-order valence-electron chi connectivity index (χ1n) is 8.82. The highest BCUT2D eigenvalue weighted by molar-refractivity contribution is 7.99. The summed E-state index contributed by atoms with van der Waals surface area (Å²) in [6, 6.07) is 21.0. The molecule has 3 aromatic rings. The van der Waals surface area contributed by atoms with Crippen molar-refractivity contribution in [3.63, 3.8) is 0 Å². The van der Waals surface area contributed by atoms with Crippen LogP contribution in [0.25, 0.3) is 0 Å². The molecular formula is C22H19NO3S. The Morgan fingerprint density at radius 1 is 1.04 bits per heavy atom. The second-order valence-electron chi connectivity index (χ2n) is 6.29. The Kier molecular flexibility index (Phi) is 4.77. The van der Waals surface area contributed by atoms with Gasteiger partial charge in [0.1, 0.15) is 11.9 Å². The Balaban J connectivity index is 1.63. The maximum atomic E-state index is 11.0. The molecule has 136 valence electrons. The fourth-order valence-corrected chi connectivity index (χ4v) is 4.18. The number of carboxylic acids is 1. The molecule has 0 aliphatic carbocycles. The summed E-state index contributed by atoms with van der Waals surface area (Å²) in [4.78, 5) is 13.4. The lowest BCUT2D eigenvalue weighted by Gasteiger charge is -2.27. The minimum absolute atomic E-state index is 0.131. The van der Waals surface area contributed by atoms with E-state index in [0.29, 0.717) is 5.75 Å². The van der Waals surface area contributed by atoms with Crippen molar-refractivity contribution < 1.29 is 14.6 Å². The zero-order chi connectivity index (χ0) is 18.8. The van der Waals surface area contributed by atoms with Gasteiger partial charge >= 0.3 is 5.97 Å². The summed E-state index contributed by atoms with van der Waals surface area (Å²) in [7, 11) is 0. The van der Waals surface area contributed by atoms with Crippen molar-refractivity contribution in [3.8, 4) is 5.75 Å². The molecule has 3 aromatic carbocycles. The largest absolute Gasteiger partial charge is 0.486 e. The summed E-state index contributed by atoms with van der Waals surface area (Å²) < 4.78 is 6.20. The van der Waals surface area contributed by atoms with Crippen LogP contribution < -0.4 is 10.1 Å². The zero-order valence-electron chi connectivity index (χ0n) is 14.8. The molecule has 1 unspecified atom stereocenters. The number of anilines is 2. The minimum Gasteiger partial charge on any atom is -0.486 e. The Bertz CT molecular complexity index is 985. The molecule has 0 amide bonds. The average Bonchev–Trinajstić information content (AvgIpc) is 2.70. The van der Waals surface area contributed by atoms with E-state index in [9.17, 15) is 4.79 Å². The van der Waals surface area contributed by atoms with Crippen LogP contribution in [0.5, 0.6) is 5.75 Å². The molecule has 1 atom stereocenters. The molecule has 1 heterocycles. The number of fused-ring (bicyclic) bond motifs is 2. The van der Waals surface area contributed by atoms with Crippen LogP contribution in [0.4, 0.5) is 11.4 Å². The topological polar surface area (TPSA) is 58.6 Å². The van der Waals surface area contributed by atoms with Crippen LogP contribution in [0, 0.1) is 0 Å². The van der Waals surface area contributed by atoms with Gasteiger partial charge in [0.25, 0.3) is 0 Å². The van der Waals surface area contributed by atoms with E-state index in [-0.39, 0.29) is 11.7 Å². The molecule has 4 rings (SSSR count). The number of benzene rings is 3. The zero-order valence-corrected chi connectivity index (χ0v) is 15.6. The highest BCUT2D eigenvalue weighted by atomic mass is 32.2. The van der Waals surface area contributed by atoms with Gasteiger partial charge in [-0.25, -0.2) is 4.79 Å². The predicted molar refractivity (Wildman–Crippen MR) is 107 cm³/mol. The number of hydrogen-bond donors (Lipinski definition) is 2. The summed E-state index contributed by atoms with van der Waals surface area (Å²) in [5.41, 5.74) is 3.53. The van der Waals surface area contributed by atoms with Crippen LogP contribution >= 0.6 is 11.8 Å². The second-order valence-corrected chi connectivity index (χ2v) is 7.37. The van der Waals surface area contributed by atoms with Crippen LogP contribution in [-0.2, 0) is 0 Å². The van der Waals surface area contributed by atoms with Gasteiger partial charge < -0.3 is 15.2 Å². The van der Waals surface area contributed by atoms with Gasteiger partial charge in [-0.05, 0) is 48.9 Å². The van der Waals surface area contributed by atoms with Crippen molar-refractivity contribution in [2.75, 3.05) is 5.32 Å². The summed E-state index contributed by atoms with van der Waals surface area (Å²) in [5.74, 6) is -0.279. The molecule has 0 radical (unpaired) electrons. The molecule has 1 aliphatic rings. The Labute approximate surface area is 162 Å². The molecule has 0 aromatic heterocycles. The van der Waals surface area contributed by atoms with Crippen molar-refractivity contribution in [2.24, 2.45) is 0 Å². The van der Waals surface area contributed by atoms with Crippen LogP contribution in [0.1, 0.15) is 35.4 Å². The third-order valence-electron chi connectivity index (χ3n) is 4.52. The number of nitrogens with one attached hydrogen (secondary N) is 1. The lowest BCUT2D eigenvalue weighted by atomic mass is 10.0. The van der Waals surface area contributed by atoms with E-state index < -0.39 is 5.97 Å². The van der Waals surface area contributed by atoms with Crippen molar-refractivity contribution in [1.29, 1.82) is 0 Å². The van der Waals surface area contributed by atoms with Crippen LogP contribution in [-0.4, -0.2) is 11.1 Å². The van der Waals surface area contributed by atoms with E-state index in [0.717, 1.165) is 23.4 Å². The van der Waals surface area contributed by atoms with E-state index in [2.05, 4.69) is 42.6 Å². The fraction of sp³-hybridized carbons (Fsp3) is 0.136. The third-order valence-corrected chi connectivity index (χ3v) is 5.66. The van der Waals surface area contributed by atoms with Gasteiger partial charge in [0.15, 0.2) is 0 Å². The number of carboxylic acid groups (broad SMARTS) is 1. The van der Waals surface area contributed by atoms with Crippen LogP contribution in [0.3, 0.4) is 0 Å². The van der Waals surface area contributed by atoms with Gasteiger partial charge in [0.2, 0.25) is 0 Å². The maximum absolute atomic E-state index is 11.0. The quantitative estimate of drug-likeness (QED) is 0.438. The third kappa shape index (κ3) is 3.51. The Morgan fingerprint density at radius 3 is 2.52 bits per heavy atom. The van der Waals surface area contributed by atoms with Crippen molar-refractivity contribution in [3.05, 3.63) is 77.9 Å². The lowest BCUT2D eigenvalue weighted by Crippen LogP contribution is -2.11. The van der Waals surface area contributed by atoms with Crippen LogP contribution in [0.2, 0.25) is 0 Å². The molecule has 27 heavy (non-hydrogen) atoms. The predicted octanol–water partition coefficient (Wildman–Crippen LogP) is 6.12. The SMILES string of the molecule is CCC(Oc1ccc(C(=O)O)cc1)c1cccc2c1Nc1ccccc1S2. The van der Waals surface area contributed by atoms with Gasteiger partial charge in [-0.15, -0.1) is 0 Å². The fourth-order valence-electron chi connectivity index (χ4n) is 3.15. The maximum Gasteiger partial charge on any atom is 0.335 e. The Morgan fingerprint density at radius 2 is 1.78 bits per heavy atom. The Hall–Kier alpha value is -2.92. The molecule has 0 saturated heterocycles. The van der Waals surface area contributed by atoms with Gasteiger partial charge in [-0.1, -0.05) is 43.0 Å². The lowest BCUT2D eigenvalue weighted by molar-refractivity contribution is 0.0697. The molecule has 1 aliphatic heterocycles. The van der Waals surface area contributed by atoms with E-state index in [1.807, 2.05) is 12.1 Å². The number of hydrogen-bond acceptors (Lipinski definition) is 4. The molecular weight excluding hydrogens is 358 g/mol. The van der Waals surface area contributed by atoms with Gasteiger partial charge in [0.05, 0.1) is 16.9 Å². The van der Waals surface area contributed by atoms with Crippen LogP contribution in [0.15, 0.2) is 76.5 Å². The molecule has 0 saturated carbocycles. The first kappa shape index (κ1) is 17.5. The standard InChI is InChI=1S/C22H19NO3S/c1-2-18(26-15-12-10-14(11-13-15)22(24)25)16-6-5-9-20-21(16)23-17-7-3-4-8-19(17)27-20/h3-13,18,23H,2H2,1H3,(H,24,25). The van der Waals surface area contributed by atoms with E-state index >= 15 is 0 Å². The van der Waals surface area contributed by atoms with Gasteiger partial charge in [-0.2, -0.15) is 0 Å². The monoisotopic (exact) mass is 377 g/mol. The number of rotatable bonds is 5. The van der Waals surface area contributed by atoms with Gasteiger partial charge in [-0.3, -0.25) is 0 Å². The van der Waals surface area contributed by atoms with Gasteiger partial charge in [0, 0.05) is 15.4 Å². The first-order chi connectivity index (χ1) is 13.2. The number of ether oxygens (including phenoxy) is 1.